The van der Waals surface area contributed by atoms with Crippen molar-refractivity contribution in [3.63, 3.8) is 0 Å². The molecule has 0 spiro atoms. The van der Waals surface area contributed by atoms with Crippen LogP contribution in [-0.4, -0.2) is 48.6 Å². The minimum absolute atomic E-state index is 0.519. The Hall–Kier alpha value is -5.32. The number of benzene rings is 5. The number of primary amides is 2. The van der Waals surface area contributed by atoms with Crippen molar-refractivity contribution in [1.29, 1.82) is 0 Å². The van der Waals surface area contributed by atoms with E-state index in [1.54, 1.807) is 0 Å². The summed E-state index contributed by atoms with van der Waals surface area (Å²) in [6.07, 6.45) is -2.67. The lowest BCUT2D eigenvalue weighted by Crippen LogP contribution is -2.42. The predicted molar refractivity (Wildman–Crippen MR) is 144 cm³/mol. The van der Waals surface area contributed by atoms with E-state index < -0.39 is 24.2 Å². The fraction of sp³-hybridized carbons (Fsp3) is 0.0769. The van der Waals surface area contributed by atoms with Crippen molar-refractivity contribution in [3.05, 3.63) is 72.8 Å². The molecule has 0 aliphatic heterocycles. The number of hydrogen-bond donors (Lipinski definition) is 7. The van der Waals surface area contributed by atoms with Crippen LogP contribution in [0.4, 0.5) is 19.2 Å². The minimum atomic E-state index is -1.33. The molecule has 0 atom stereocenters. The van der Waals surface area contributed by atoms with Crippen LogP contribution in [0.2, 0.25) is 0 Å². The second-order valence-electron chi connectivity index (χ2n) is 7.38. The molecule has 0 saturated carbocycles. The van der Waals surface area contributed by atoms with Gasteiger partial charge in [0.2, 0.25) is 0 Å². The van der Waals surface area contributed by atoms with E-state index in [1.165, 1.54) is 57.2 Å². The summed E-state index contributed by atoms with van der Waals surface area (Å²) in [5.74, 6) is 0. The van der Waals surface area contributed by atoms with Crippen LogP contribution in [0.3, 0.4) is 0 Å². The third-order valence-electron chi connectivity index (χ3n) is 5.07. The molecule has 9 N–H and O–H groups in total. The second-order valence-corrected chi connectivity index (χ2v) is 7.38. The van der Waals surface area contributed by atoms with Crippen LogP contribution in [-0.2, 0) is 0 Å². The summed E-state index contributed by atoms with van der Waals surface area (Å²) in [4.78, 5) is 38.2. The van der Waals surface area contributed by atoms with Crippen LogP contribution >= 0.6 is 0 Å². The fourth-order valence-electron chi connectivity index (χ4n) is 3.81. The molecule has 0 fully saturated rings. The highest BCUT2D eigenvalue weighted by molar-refractivity contribution is 6.32. The summed E-state index contributed by atoms with van der Waals surface area (Å²) in [5, 5.41) is 31.7. The minimum Gasteiger partial charge on any atom is -0.465 e. The molecule has 11 nitrogen and oxygen atoms in total. The van der Waals surface area contributed by atoms with Crippen LogP contribution in [0.25, 0.3) is 43.1 Å². The van der Waals surface area contributed by atoms with E-state index in [1.807, 2.05) is 5.32 Å². The van der Waals surface area contributed by atoms with Gasteiger partial charge in [0.15, 0.2) is 0 Å². The third kappa shape index (κ3) is 7.33. The quantitative estimate of drug-likeness (QED) is 0.121. The number of rotatable bonds is 0. The van der Waals surface area contributed by atoms with Crippen molar-refractivity contribution in [2.75, 3.05) is 14.1 Å². The molecule has 11 heteroatoms. The Bertz CT molecular complexity index is 1350. The maximum atomic E-state index is 10.3. The Morgan fingerprint density at radius 3 is 1.03 bits per heavy atom. The summed E-state index contributed by atoms with van der Waals surface area (Å²) in [7, 11) is 2.86. The van der Waals surface area contributed by atoms with Crippen molar-refractivity contribution in [2.45, 2.75) is 0 Å². The lowest BCUT2D eigenvalue weighted by atomic mass is 9.90. The number of nitrogens with two attached hydrogens (primary N) is 2. The van der Waals surface area contributed by atoms with E-state index in [4.69, 9.17) is 19.8 Å². The number of imide groups is 1. The maximum absolute atomic E-state index is 10.3. The molecule has 0 bridgehead atoms. The van der Waals surface area contributed by atoms with Crippen molar-refractivity contribution in [2.24, 2.45) is 11.5 Å². The van der Waals surface area contributed by atoms with E-state index in [-0.39, 0.29) is 0 Å². The van der Waals surface area contributed by atoms with Gasteiger partial charge >= 0.3 is 24.2 Å². The van der Waals surface area contributed by atoms with Gasteiger partial charge in [-0.3, -0.25) is 5.32 Å². The number of carbonyl (C=O) groups is 4. The van der Waals surface area contributed by atoms with Gasteiger partial charge in [-0.2, -0.15) is 0 Å². The largest absolute Gasteiger partial charge is 0.465 e. The monoisotopic (exact) mass is 505 g/mol. The van der Waals surface area contributed by atoms with Gasteiger partial charge in [0.25, 0.3) is 0 Å². The van der Waals surface area contributed by atoms with Crippen LogP contribution in [0, 0.1) is 0 Å². The molecule has 0 heterocycles. The third-order valence-corrected chi connectivity index (χ3v) is 5.07. The van der Waals surface area contributed by atoms with Gasteiger partial charge in [0.1, 0.15) is 0 Å². The first-order chi connectivity index (χ1) is 17.6. The van der Waals surface area contributed by atoms with E-state index >= 15 is 0 Å². The predicted octanol–water partition coefficient (Wildman–Crippen LogP) is 4.24. The first kappa shape index (κ1) is 27.9. The van der Waals surface area contributed by atoms with Crippen LogP contribution in [0.15, 0.2) is 72.8 Å². The van der Waals surface area contributed by atoms with Gasteiger partial charge in [-0.25, -0.2) is 19.2 Å². The highest BCUT2D eigenvalue weighted by Crippen LogP contribution is 2.39. The zero-order valence-corrected chi connectivity index (χ0v) is 20.1. The molecule has 0 saturated heterocycles. The van der Waals surface area contributed by atoms with Gasteiger partial charge in [0.05, 0.1) is 0 Å². The molecule has 0 aliphatic carbocycles. The number of carboxylic acid groups (broad SMARTS) is 2. The van der Waals surface area contributed by atoms with Gasteiger partial charge in [-0.05, 0) is 43.1 Å². The molecule has 5 aromatic rings. The molecule has 5 aromatic carbocycles. The molecule has 0 unspecified atom stereocenters. The normalized spacial score (nSPS) is 9.68. The summed E-state index contributed by atoms with van der Waals surface area (Å²) < 4.78 is 0. The summed E-state index contributed by atoms with van der Waals surface area (Å²) in [6, 6.07) is 25.4. The molecule has 37 heavy (non-hydrogen) atoms. The van der Waals surface area contributed by atoms with Gasteiger partial charge in [0, 0.05) is 14.1 Å². The molecule has 0 radical (unpaired) electrons. The molecule has 192 valence electrons. The number of nitrogens with one attached hydrogen (secondary N) is 3. The van der Waals surface area contributed by atoms with Crippen LogP contribution in [0.1, 0.15) is 0 Å². The number of hydrogen-bond acceptors (Lipinski definition) is 4. The summed E-state index contributed by atoms with van der Waals surface area (Å²) in [5.41, 5.74) is 8.06. The van der Waals surface area contributed by atoms with Crippen molar-refractivity contribution in [1.82, 2.24) is 16.0 Å². The van der Waals surface area contributed by atoms with E-state index in [0.717, 1.165) is 0 Å². The van der Waals surface area contributed by atoms with Gasteiger partial charge in [-0.1, -0.05) is 72.8 Å². The van der Waals surface area contributed by atoms with E-state index in [9.17, 15) is 9.59 Å². The zero-order valence-electron chi connectivity index (χ0n) is 20.1. The van der Waals surface area contributed by atoms with Crippen LogP contribution in [0.5, 0.6) is 0 Å². The lowest BCUT2D eigenvalue weighted by molar-refractivity contribution is 0.204. The topological polar surface area (TPSA) is 197 Å². The molecule has 0 aromatic heterocycles. The average Bonchev–Trinajstić information content (AvgIpc) is 2.86. The Morgan fingerprint density at radius 1 is 0.568 bits per heavy atom. The van der Waals surface area contributed by atoms with Gasteiger partial charge < -0.3 is 32.3 Å². The zero-order chi connectivity index (χ0) is 27.5. The van der Waals surface area contributed by atoms with Crippen molar-refractivity contribution in [3.8, 4) is 0 Å². The number of amides is 6. The van der Waals surface area contributed by atoms with E-state index in [0.29, 0.717) is 0 Å². The molecular weight excluding hydrogens is 478 g/mol. The fourth-order valence-corrected chi connectivity index (χ4v) is 3.81. The first-order valence-corrected chi connectivity index (χ1v) is 10.8. The standard InChI is InChI=1S/C20H12.C4H9N3O2.2CH3NO2/c1-5-13-6-2-11-17-18-12-4-8-14-7-3-10-16(20(14)18)15(9-1)19(13)17;1-5-3(8)7-4(9)6-2;2*2-1(3)4/h1-12H;1-2H3,(H3,5,6,7,8,9);2*2H2,(H,3,4). The lowest BCUT2D eigenvalue weighted by Gasteiger charge is -2.13. The number of urea groups is 2. The summed E-state index contributed by atoms with van der Waals surface area (Å²) in [6.45, 7) is 0. The van der Waals surface area contributed by atoms with E-state index in [2.05, 4.69) is 94.9 Å². The Morgan fingerprint density at radius 2 is 0.811 bits per heavy atom. The smallest absolute Gasteiger partial charge is 0.402 e. The maximum Gasteiger partial charge on any atom is 0.402 e. The molecule has 5 rings (SSSR count). The van der Waals surface area contributed by atoms with Crippen molar-refractivity contribution >= 4 is 67.3 Å². The first-order valence-electron chi connectivity index (χ1n) is 10.8. The second kappa shape index (κ2) is 13.0. The Kier molecular flexibility index (Phi) is 9.77. The average molecular weight is 506 g/mol. The van der Waals surface area contributed by atoms with Crippen LogP contribution < -0.4 is 27.4 Å². The highest BCUT2D eigenvalue weighted by Gasteiger charge is 2.11. The Balaban J connectivity index is 0.000000238. The molecule has 6 amide bonds. The highest BCUT2D eigenvalue weighted by atomic mass is 16.4. The Labute approximate surface area is 211 Å². The number of carbonyl (C=O) groups excluding carboxylic acids is 2. The number of fused-ring (bicyclic) bond motifs is 2. The summed E-state index contributed by atoms with van der Waals surface area (Å²) >= 11 is 0. The SMILES string of the molecule is CNC(=O)NC(=O)NC.NC(=O)O.NC(=O)O.c1cc2cccc3c4cccc5cccc(c(c1)c23)c54. The molecule has 0 aliphatic rings. The van der Waals surface area contributed by atoms with Crippen molar-refractivity contribution < 1.29 is 29.4 Å². The van der Waals surface area contributed by atoms with Gasteiger partial charge in [-0.15, -0.1) is 0 Å². The molecular formula is C26H27N5O6.